The lowest BCUT2D eigenvalue weighted by atomic mass is 9.97. The van der Waals surface area contributed by atoms with Crippen LogP contribution in [-0.4, -0.2) is 52.3 Å². The third-order valence-corrected chi connectivity index (χ3v) is 10.7. The van der Waals surface area contributed by atoms with Crippen molar-refractivity contribution in [2.75, 3.05) is 19.6 Å². The highest BCUT2D eigenvalue weighted by Gasteiger charge is 2.69. The number of likely N-dealkylation sites (tertiary alicyclic amines) is 2. The van der Waals surface area contributed by atoms with Crippen LogP contribution < -0.4 is 5.32 Å². The van der Waals surface area contributed by atoms with Crippen LogP contribution >= 0.6 is 33.9 Å². The molecule has 218 valence electrons. The van der Waals surface area contributed by atoms with E-state index in [1.807, 2.05) is 28.9 Å². The molecule has 0 radical (unpaired) electrons. The summed E-state index contributed by atoms with van der Waals surface area (Å²) in [7, 11) is 0. The molecule has 3 aliphatic rings. The van der Waals surface area contributed by atoms with Crippen molar-refractivity contribution in [2.45, 2.75) is 60.5 Å². The zero-order chi connectivity index (χ0) is 29.8. The maximum Gasteiger partial charge on any atom is 0.256 e. The molecule has 4 heterocycles. The summed E-state index contributed by atoms with van der Waals surface area (Å²) in [6, 6.07) is 4.57. The number of aromatic nitrogens is 1. The van der Waals surface area contributed by atoms with Gasteiger partial charge in [-0.2, -0.15) is 0 Å². The van der Waals surface area contributed by atoms with E-state index in [2.05, 4.69) is 81.8 Å². The number of aryl methyl sites for hydroxylation is 2. The third-order valence-electron chi connectivity index (χ3n) is 8.92. The van der Waals surface area contributed by atoms with E-state index in [0.717, 1.165) is 61.9 Å². The highest BCUT2D eigenvalue weighted by Crippen LogP contribution is 2.66. The molecule has 3 atom stereocenters. The maximum absolute atomic E-state index is 14.1. The summed E-state index contributed by atoms with van der Waals surface area (Å²) in [5.41, 5.74) is 5.25. The lowest BCUT2D eigenvalue weighted by Gasteiger charge is -2.23. The molecule has 0 bridgehead atoms. The number of nitrogens with one attached hydrogen (secondary N) is 1. The largest absolute Gasteiger partial charge is 0.338 e. The van der Waals surface area contributed by atoms with E-state index >= 15 is 0 Å². The number of thiophene rings is 1. The Bertz CT molecular complexity index is 1430. The standard InChI is InChI=1S/C33H41IN4O2S/c1-9-10-24(30-20(5)13-23(41-30)17-38-21(6)27-28(32(38)40)33(27,7)8)29-26(19(4)14-25(34)36-29)31(39)37-12-11-22(16-37)15-35-18(2)3/h9-10,13-14,18,22,27-28,35H,1,6,11-12,15-17H2,2-5,7-8H3/b24-10-. The van der Waals surface area contributed by atoms with Crippen molar-refractivity contribution in [3.05, 3.63) is 79.0 Å². The molecule has 8 heteroatoms. The molecule has 1 aliphatic carbocycles. The quantitative estimate of drug-likeness (QED) is 0.185. The lowest BCUT2D eigenvalue weighted by Crippen LogP contribution is -2.33. The fourth-order valence-electron chi connectivity index (χ4n) is 6.65. The number of halogens is 1. The summed E-state index contributed by atoms with van der Waals surface area (Å²) >= 11 is 3.89. The number of fused-ring (bicyclic) bond motifs is 1. The fourth-order valence-corrected chi connectivity index (χ4v) is 8.54. The van der Waals surface area contributed by atoms with Gasteiger partial charge in [-0.1, -0.05) is 53.0 Å². The van der Waals surface area contributed by atoms with Crippen LogP contribution in [0.1, 0.15) is 71.0 Å². The topological polar surface area (TPSA) is 65.5 Å². The summed E-state index contributed by atoms with van der Waals surface area (Å²) < 4.78 is 0.845. The van der Waals surface area contributed by atoms with Gasteiger partial charge in [0.25, 0.3) is 5.91 Å². The molecule has 1 N–H and O–H groups in total. The van der Waals surface area contributed by atoms with E-state index in [1.54, 1.807) is 17.4 Å². The van der Waals surface area contributed by atoms with Crippen LogP contribution in [0, 0.1) is 40.7 Å². The molecule has 2 saturated heterocycles. The lowest BCUT2D eigenvalue weighted by molar-refractivity contribution is -0.130. The molecule has 6 nitrogen and oxygen atoms in total. The number of carbonyl (C=O) groups is 2. The van der Waals surface area contributed by atoms with Crippen LogP contribution in [-0.2, 0) is 11.3 Å². The SMILES string of the molecule is C=C/C=C(/c1nc(I)cc(C)c1C(=O)N1CCC(CNC(C)C)C1)c1sc(CN2C(=C)C3C(C2=O)C3(C)C)cc1C. The average Bonchev–Trinajstić information content (AvgIpc) is 3.27. The Morgan fingerprint density at radius 3 is 2.63 bits per heavy atom. The summed E-state index contributed by atoms with van der Waals surface area (Å²) in [5, 5.41) is 3.52. The first-order valence-electron chi connectivity index (χ1n) is 14.5. The monoisotopic (exact) mass is 684 g/mol. The Labute approximate surface area is 262 Å². The Morgan fingerprint density at radius 1 is 1.27 bits per heavy atom. The fraction of sp³-hybridized carbons (Fsp3) is 0.485. The van der Waals surface area contributed by atoms with E-state index in [9.17, 15) is 9.59 Å². The van der Waals surface area contributed by atoms with Gasteiger partial charge in [0.15, 0.2) is 0 Å². The molecular weight excluding hydrogens is 643 g/mol. The number of nitrogens with zero attached hydrogens (tertiary/aromatic N) is 3. The van der Waals surface area contributed by atoms with Gasteiger partial charge >= 0.3 is 0 Å². The van der Waals surface area contributed by atoms with Crippen LogP contribution in [0.2, 0.25) is 0 Å². The maximum atomic E-state index is 14.1. The van der Waals surface area contributed by atoms with Crippen LogP contribution in [0.25, 0.3) is 5.57 Å². The van der Waals surface area contributed by atoms with Crippen LogP contribution in [0.3, 0.4) is 0 Å². The second-order valence-corrected chi connectivity index (χ2v) is 14.9. The zero-order valence-corrected chi connectivity index (χ0v) is 28.0. The number of hydrogen-bond donors (Lipinski definition) is 1. The minimum Gasteiger partial charge on any atom is -0.338 e. The first-order chi connectivity index (χ1) is 19.3. The van der Waals surface area contributed by atoms with Crippen molar-refractivity contribution in [1.82, 2.24) is 20.1 Å². The molecule has 2 aromatic rings. The first kappa shape index (κ1) is 30.2. The van der Waals surface area contributed by atoms with Crippen molar-refractivity contribution in [3.8, 4) is 0 Å². The van der Waals surface area contributed by atoms with E-state index in [4.69, 9.17) is 4.98 Å². The molecule has 5 rings (SSSR count). The van der Waals surface area contributed by atoms with Gasteiger partial charge in [0.2, 0.25) is 5.91 Å². The van der Waals surface area contributed by atoms with Crippen LogP contribution in [0.4, 0.5) is 0 Å². The minimum atomic E-state index is 0.0261. The predicted molar refractivity (Wildman–Crippen MR) is 176 cm³/mol. The van der Waals surface area contributed by atoms with Gasteiger partial charge in [-0.25, -0.2) is 4.98 Å². The van der Waals surface area contributed by atoms with E-state index in [0.29, 0.717) is 29.8 Å². The highest BCUT2D eigenvalue weighted by molar-refractivity contribution is 14.1. The number of amides is 2. The van der Waals surface area contributed by atoms with E-state index in [-0.39, 0.29) is 29.1 Å². The van der Waals surface area contributed by atoms with E-state index < -0.39 is 0 Å². The smallest absolute Gasteiger partial charge is 0.256 e. The Morgan fingerprint density at radius 2 is 2.00 bits per heavy atom. The van der Waals surface area contributed by atoms with Crippen molar-refractivity contribution in [2.24, 2.45) is 23.2 Å². The van der Waals surface area contributed by atoms with Crippen molar-refractivity contribution >= 4 is 51.3 Å². The normalized spacial score (nSPS) is 23.5. The third kappa shape index (κ3) is 5.59. The molecule has 3 fully saturated rings. The number of carbonyl (C=O) groups excluding carboxylic acids is 2. The second kappa shape index (κ2) is 11.4. The Hall–Kier alpha value is -2.30. The molecule has 0 aromatic carbocycles. The summed E-state index contributed by atoms with van der Waals surface area (Å²) in [6.45, 7) is 23.9. The van der Waals surface area contributed by atoms with Crippen molar-refractivity contribution in [1.29, 1.82) is 0 Å². The predicted octanol–water partition coefficient (Wildman–Crippen LogP) is 6.57. The van der Waals surface area contributed by atoms with Gasteiger partial charge in [0.1, 0.15) is 3.70 Å². The van der Waals surface area contributed by atoms with Gasteiger partial charge in [-0.3, -0.25) is 9.59 Å². The van der Waals surface area contributed by atoms with E-state index in [1.165, 1.54) is 0 Å². The first-order valence-corrected chi connectivity index (χ1v) is 16.4. The highest BCUT2D eigenvalue weighted by atomic mass is 127. The molecular formula is C33H41IN4O2S. The average molecular weight is 685 g/mol. The van der Waals surface area contributed by atoms with Crippen molar-refractivity contribution < 1.29 is 9.59 Å². The molecule has 0 spiro atoms. The van der Waals surface area contributed by atoms with Gasteiger partial charge in [-0.05, 0) is 84.0 Å². The summed E-state index contributed by atoms with van der Waals surface area (Å²) in [5.74, 6) is 0.996. The molecule has 1 saturated carbocycles. The molecule has 2 aromatic heterocycles. The van der Waals surface area contributed by atoms with Crippen LogP contribution in [0.15, 0.2) is 43.1 Å². The van der Waals surface area contributed by atoms with Crippen molar-refractivity contribution in [3.63, 3.8) is 0 Å². The Kier molecular flexibility index (Phi) is 8.40. The van der Waals surface area contributed by atoms with Gasteiger partial charge in [0.05, 0.1) is 23.7 Å². The zero-order valence-electron chi connectivity index (χ0n) is 25.0. The molecule has 2 aliphatic heterocycles. The number of rotatable bonds is 9. The number of hydrogen-bond acceptors (Lipinski definition) is 5. The number of pyridine rings is 1. The summed E-state index contributed by atoms with van der Waals surface area (Å²) in [4.78, 5) is 38.1. The molecule has 3 unspecified atom stereocenters. The second-order valence-electron chi connectivity index (χ2n) is 12.7. The Balaban J connectivity index is 1.44. The molecule has 41 heavy (non-hydrogen) atoms. The van der Waals surface area contributed by atoms with Gasteiger partial charge in [-0.15, -0.1) is 11.3 Å². The molecule has 2 amide bonds. The minimum absolute atomic E-state index is 0.0261. The summed E-state index contributed by atoms with van der Waals surface area (Å²) in [6.07, 6.45) is 4.73. The number of allylic oxidation sites excluding steroid dienone is 3. The van der Waals surface area contributed by atoms with Gasteiger partial charge in [0, 0.05) is 46.1 Å². The number of piperidine rings is 1. The van der Waals surface area contributed by atoms with Crippen LogP contribution in [0.5, 0.6) is 0 Å². The van der Waals surface area contributed by atoms with Gasteiger partial charge < -0.3 is 15.1 Å².